The standard InChI is InChI=1S/C13H12N2OS/c14-9-10-3-4-13(12(15)8-10)16-6-5-11-2-1-7-17-11/h1-4,7-8H,5-6,15H2. The Labute approximate surface area is 104 Å². The number of ether oxygens (including phenoxy) is 1. The third-order valence-electron chi connectivity index (χ3n) is 2.33. The molecule has 2 rings (SSSR count). The van der Waals surface area contributed by atoms with Crippen molar-refractivity contribution in [3.8, 4) is 11.8 Å². The fraction of sp³-hybridized carbons (Fsp3) is 0.154. The largest absolute Gasteiger partial charge is 0.491 e. The lowest BCUT2D eigenvalue weighted by molar-refractivity contribution is 0.324. The Balaban J connectivity index is 1.93. The molecule has 0 bridgehead atoms. The van der Waals surface area contributed by atoms with E-state index < -0.39 is 0 Å². The normalized spacial score (nSPS) is 9.82. The van der Waals surface area contributed by atoms with E-state index >= 15 is 0 Å². The van der Waals surface area contributed by atoms with Crippen LogP contribution in [0.4, 0.5) is 5.69 Å². The molecule has 2 aromatic rings. The Morgan fingerprint density at radius 1 is 1.35 bits per heavy atom. The van der Waals surface area contributed by atoms with Gasteiger partial charge in [0.25, 0.3) is 0 Å². The summed E-state index contributed by atoms with van der Waals surface area (Å²) in [6.07, 6.45) is 0.872. The van der Waals surface area contributed by atoms with Gasteiger partial charge < -0.3 is 10.5 Å². The summed E-state index contributed by atoms with van der Waals surface area (Å²) < 4.78 is 5.58. The number of hydrogen-bond donors (Lipinski definition) is 1. The number of rotatable bonds is 4. The number of benzene rings is 1. The molecule has 0 aliphatic rings. The van der Waals surface area contributed by atoms with Gasteiger partial charge in [0.1, 0.15) is 5.75 Å². The zero-order valence-electron chi connectivity index (χ0n) is 9.22. The SMILES string of the molecule is N#Cc1ccc(OCCc2cccs2)c(N)c1. The van der Waals surface area contributed by atoms with Gasteiger partial charge in [0.2, 0.25) is 0 Å². The molecule has 0 radical (unpaired) electrons. The summed E-state index contributed by atoms with van der Waals surface area (Å²) in [5.41, 5.74) is 6.84. The maximum atomic E-state index is 8.71. The monoisotopic (exact) mass is 244 g/mol. The van der Waals surface area contributed by atoms with E-state index in [1.165, 1.54) is 4.88 Å². The molecule has 0 aliphatic heterocycles. The second-order valence-corrected chi connectivity index (χ2v) is 4.57. The fourth-order valence-electron chi connectivity index (χ4n) is 1.47. The Kier molecular flexibility index (Phi) is 3.63. The molecule has 0 unspecified atom stereocenters. The Bertz CT molecular complexity index is 529. The molecule has 4 heteroatoms. The van der Waals surface area contributed by atoms with Crippen molar-refractivity contribution in [3.05, 3.63) is 46.2 Å². The molecule has 3 nitrogen and oxygen atoms in total. The summed E-state index contributed by atoms with van der Waals surface area (Å²) in [6.45, 7) is 0.594. The first-order valence-electron chi connectivity index (χ1n) is 5.24. The first-order chi connectivity index (χ1) is 8.29. The van der Waals surface area contributed by atoms with Crippen molar-refractivity contribution in [2.75, 3.05) is 12.3 Å². The molecule has 0 fully saturated rings. The average molecular weight is 244 g/mol. The number of hydrogen-bond acceptors (Lipinski definition) is 4. The van der Waals surface area contributed by atoms with Gasteiger partial charge in [-0.25, -0.2) is 0 Å². The smallest absolute Gasteiger partial charge is 0.142 e. The summed E-state index contributed by atoms with van der Waals surface area (Å²) in [6, 6.07) is 11.2. The van der Waals surface area contributed by atoms with Crippen molar-refractivity contribution in [3.63, 3.8) is 0 Å². The molecule has 0 amide bonds. The van der Waals surface area contributed by atoms with Crippen LogP contribution in [0.25, 0.3) is 0 Å². The molecule has 0 saturated heterocycles. The molecular weight excluding hydrogens is 232 g/mol. The predicted octanol–water partition coefficient (Wildman–Crippen LogP) is 2.82. The maximum absolute atomic E-state index is 8.71. The van der Waals surface area contributed by atoms with Gasteiger partial charge in [-0.2, -0.15) is 5.26 Å². The molecule has 0 saturated carbocycles. The average Bonchev–Trinajstić information content (AvgIpc) is 2.84. The highest BCUT2D eigenvalue weighted by molar-refractivity contribution is 7.09. The van der Waals surface area contributed by atoms with E-state index in [2.05, 4.69) is 6.07 Å². The van der Waals surface area contributed by atoms with Gasteiger partial charge in [0.05, 0.1) is 23.9 Å². The molecular formula is C13H12N2OS. The summed E-state index contributed by atoms with van der Waals surface area (Å²) in [5, 5.41) is 10.8. The molecule has 1 aromatic carbocycles. The number of nitrogens with zero attached hydrogens (tertiary/aromatic N) is 1. The van der Waals surface area contributed by atoms with Crippen molar-refractivity contribution in [1.29, 1.82) is 5.26 Å². The zero-order chi connectivity index (χ0) is 12.1. The summed E-state index contributed by atoms with van der Waals surface area (Å²) in [7, 11) is 0. The topological polar surface area (TPSA) is 59.0 Å². The highest BCUT2D eigenvalue weighted by Gasteiger charge is 2.02. The highest BCUT2D eigenvalue weighted by Crippen LogP contribution is 2.22. The lowest BCUT2D eigenvalue weighted by Crippen LogP contribution is -2.02. The minimum atomic E-state index is 0.509. The maximum Gasteiger partial charge on any atom is 0.142 e. The summed E-state index contributed by atoms with van der Waals surface area (Å²) in [5.74, 6) is 0.639. The number of nitrogens with two attached hydrogens (primary N) is 1. The van der Waals surface area contributed by atoms with Crippen LogP contribution in [0.1, 0.15) is 10.4 Å². The second kappa shape index (κ2) is 5.37. The van der Waals surface area contributed by atoms with Crippen LogP contribution in [0, 0.1) is 11.3 Å². The van der Waals surface area contributed by atoms with E-state index in [0.717, 1.165) is 6.42 Å². The number of thiophene rings is 1. The zero-order valence-corrected chi connectivity index (χ0v) is 10.0. The molecule has 1 aromatic heterocycles. The molecule has 2 N–H and O–H groups in total. The number of nitrogen functional groups attached to an aromatic ring is 1. The highest BCUT2D eigenvalue weighted by atomic mass is 32.1. The van der Waals surface area contributed by atoms with Crippen LogP contribution < -0.4 is 10.5 Å². The van der Waals surface area contributed by atoms with Crippen molar-refractivity contribution in [1.82, 2.24) is 0 Å². The van der Waals surface area contributed by atoms with Crippen molar-refractivity contribution in [2.24, 2.45) is 0 Å². The van der Waals surface area contributed by atoms with Crippen LogP contribution in [-0.2, 0) is 6.42 Å². The van der Waals surface area contributed by atoms with Gasteiger partial charge in [0.15, 0.2) is 0 Å². The van der Waals surface area contributed by atoms with Crippen LogP contribution in [-0.4, -0.2) is 6.61 Å². The number of nitriles is 1. The van der Waals surface area contributed by atoms with Crippen molar-refractivity contribution in [2.45, 2.75) is 6.42 Å². The van der Waals surface area contributed by atoms with Gasteiger partial charge in [-0.15, -0.1) is 11.3 Å². The van der Waals surface area contributed by atoms with Gasteiger partial charge >= 0.3 is 0 Å². The van der Waals surface area contributed by atoms with Crippen LogP contribution in [0.3, 0.4) is 0 Å². The Morgan fingerprint density at radius 3 is 2.88 bits per heavy atom. The molecule has 0 spiro atoms. The molecule has 0 atom stereocenters. The summed E-state index contributed by atoms with van der Waals surface area (Å²) >= 11 is 1.71. The Morgan fingerprint density at radius 2 is 2.24 bits per heavy atom. The van der Waals surface area contributed by atoms with Gasteiger partial charge in [-0.05, 0) is 29.6 Å². The third-order valence-corrected chi connectivity index (χ3v) is 3.26. The molecule has 0 aliphatic carbocycles. The third kappa shape index (κ3) is 2.99. The first-order valence-corrected chi connectivity index (χ1v) is 6.12. The van der Waals surface area contributed by atoms with Gasteiger partial charge in [-0.1, -0.05) is 6.07 Å². The molecule has 86 valence electrons. The van der Waals surface area contributed by atoms with Crippen LogP contribution in [0.5, 0.6) is 5.75 Å². The predicted molar refractivity (Wildman–Crippen MR) is 69.1 cm³/mol. The minimum Gasteiger partial charge on any atom is -0.491 e. The van der Waals surface area contributed by atoms with Gasteiger partial charge in [0, 0.05) is 11.3 Å². The van der Waals surface area contributed by atoms with Crippen molar-refractivity contribution < 1.29 is 4.74 Å². The van der Waals surface area contributed by atoms with E-state index in [1.807, 2.05) is 17.5 Å². The molecule has 1 heterocycles. The minimum absolute atomic E-state index is 0.509. The fourth-order valence-corrected chi connectivity index (χ4v) is 2.16. The summed E-state index contributed by atoms with van der Waals surface area (Å²) in [4.78, 5) is 1.29. The van der Waals surface area contributed by atoms with E-state index in [0.29, 0.717) is 23.6 Å². The second-order valence-electron chi connectivity index (χ2n) is 3.54. The van der Waals surface area contributed by atoms with Crippen LogP contribution >= 0.6 is 11.3 Å². The number of anilines is 1. The lowest BCUT2D eigenvalue weighted by atomic mass is 10.2. The van der Waals surface area contributed by atoms with Gasteiger partial charge in [-0.3, -0.25) is 0 Å². The van der Waals surface area contributed by atoms with E-state index in [-0.39, 0.29) is 0 Å². The quantitative estimate of drug-likeness (QED) is 0.841. The van der Waals surface area contributed by atoms with E-state index in [4.69, 9.17) is 15.7 Å². The van der Waals surface area contributed by atoms with Crippen molar-refractivity contribution >= 4 is 17.0 Å². The first kappa shape index (κ1) is 11.5. The van der Waals surface area contributed by atoms with E-state index in [1.54, 1.807) is 29.5 Å². The van der Waals surface area contributed by atoms with Crippen LogP contribution in [0.2, 0.25) is 0 Å². The molecule has 17 heavy (non-hydrogen) atoms. The Hall–Kier alpha value is -1.99. The van der Waals surface area contributed by atoms with Crippen LogP contribution in [0.15, 0.2) is 35.7 Å². The lowest BCUT2D eigenvalue weighted by Gasteiger charge is -2.08. The van der Waals surface area contributed by atoms with E-state index in [9.17, 15) is 0 Å².